The maximum Gasteiger partial charge on any atom is 0.142 e. The van der Waals surface area contributed by atoms with E-state index in [0.29, 0.717) is 5.75 Å². The van der Waals surface area contributed by atoms with Crippen molar-refractivity contribution in [2.45, 2.75) is 46.5 Å². The normalized spacial score (nSPS) is 12.3. The van der Waals surface area contributed by atoms with Gasteiger partial charge in [0.05, 0.1) is 5.39 Å². The highest BCUT2D eigenvalue weighted by atomic mass is 16.3. The fourth-order valence-electron chi connectivity index (χ4n) is 2.31. The van der Waals surface area contributed by atoms with Gasteiger partial charge in [-0.25, -0.2) is 0 Å². The van der Waals surface area contributed by atoms with Gasteiger partial charge in [0.15, 0.2) is 0 Å². The van der Waals surface area contributed by atoms with Gasteiger partial charge in [-0.2, -0.15) is 0 Å². The summed E-state index contributed by atoms with van der Waals surface area (Å²) in [7, 11) is 0. The van der Waals surface area contributed by atoms with Gasteiger partial charge in [-0.1, -0.05) is 33.8 Å². The molecule has 1 aromatic heterocycles. The van der Waals surface area contributed by atoms with E-state index in [1.807, 2.05) is 13.0 Å². The summed E-state index contributed by atoms with van der Waals surface area (Å²) in [4.78, 5) is 0. The quantitative estimate of drug-likeness (QED) is 0.795. The third-order valence-electron chi connectivity index (χ3n) is 3.28. The zero-order valence-corrected chi connectivity index (χ0v) is 11.2. The molecule has 0 radical (unpaired) electrons. The summed E-state index contributed by atoms with van der Waals surface area (Å²) >= 11 is 0. The number of hydrogen-bond donors (Lipinski definition) is 1. The third kappa shape index (κ3) is 1.82. The van der Waals surface area contributed by atoms with Crippen molar-refractivity contribution < 1.29 is 9.52 Å². The summed E-state index contributed by atoms with van der Waals surface area (Å²) in [5.41, 5.74) is 3.06. The van der Waals surface area contributed by atoms with E-state index in [9.17, 15) is 5.11 Å². The summed E-state index contributed by atoms with van der Waals surface area (Å²) in [5.74, 6) is 1.28. The molecule has 1 heterocycles. The number of rotatable bonds is 1. The summed E-state index contributed by atoms with van der Waals surface area (Å²) in [5, 5.41) is 10.9. The average molecular weight is 232 g/mol. The van der Waals surface area contributed by atoms with Gasteiger partial charge in [0.1, 0.15) is 17.1 Å². The molecule has 0 amide bonds. The predicted octanol–water partition coefficient (Wildman–Crippen LogP) is 4.31. The number of fused-ring (bicyclic) bond motifs is 1. The van der Waals surface area contributed by atoms with Crippen molar-refractivity contribution in [3.05, 3.63) is 29.0 Å². The number of benzene rings is 1. The fourth-order valence-corrected chi connectivity index (χ4v) is 2.31. The van der Waals surface area contributed by atoms with E-state index >= 15 is 0 Å². The third-order valence-corrected chi connectivity index (χ3v) is 3.28. The van der Waals surface area contributed by atoms with Crippen LogP contribution in [-0.4, -0.2) is 5.11 Å². The first kappa shape index (κ1) is 12.0. The Balaban J connectivity index is 2.87. The summed E-state index contributed by atoms with van der Waals surface area (Å²) < 4.78 is 5.93. The van der Waals surface area contributed by atoms with E-state index in [-0.39, 0.29) is 5.41 Å². The Bertz CT molecular complexity index is 556. The first-order valence-electron chi connectivity index (χ1n) is 6.10. The molecule has 1 aromatic carbocycles. The number of phenolic OH excluding ortho intramolecular Hbond substituents is 1. The summed E-state index contributed by atoms with van der Waals surface area (Å²) in [6, 6.07) is 3.73. The number of furan rings is 1. The molecule has 0 saturated carbocycles. The smallest absolute Gasteiger partial charge is 0.142 e. The van der Waals surface area contributed by atoms with Crippen molar-refractivity contribution in [2.24, 2.45) is 0 Å². The summed E-state index contributed by atoms with van der Waals surface area (Å²) in [6.07, 6.45) is 0.851. The first-order valence-corrected chi connectivity index (χ1v) is 6.10. The van der Waals surface area contributed by atoms with Crippen LogP contribution in [0.15, 0.2) is 16.5 Å². The zero-order chi connectivity index (χ0) is 12.8. The fraction of sp³-hybridized carbons (Fsp3) is 0.467. The molecule has 0 aliphatic heterocycles. The molecule has 2 rings (SSSR count). The Morgan fingerprint density at radius 1 is 1.24 bits per heavy atom. The molecule has 17 heavy (non-hydrogen) atoms. The zero-order valence-electron chi connectivity index (χ0n) is 11.2. The van der Waals surface area contributed by atoms with Gasteiger partial charge in [-0.3, -0.25) is 0 Å². The standard InChI is InChI=1S/C15H20O2/c1-6-12-9(2)13-11(16)8-7-10(14(13)17-12)15(3,4)5/h7-8,16H,6H2,1-5H3. The van der Waals surface area contributed by atoms with E-state index in [1.165, 1.54) is 0 Å². The van der Waals surface area contributed by atoms with Crippen LogP contribution in [0.4, 0.5) is 0 Å². The number of aryl methyl sites for hydroxylation is 2. The van der Waals surface area contributed by atoms with E-state index < -0.39 is 0 Å². The SMILES string of the molecule is CCc1oc2c(C(C)(C)C)ccc(O)c2c1C. The molecule has 0 saturated heterocycles. The van der Waals surface area contributed by atoms with Gasteiger partial charge < -0.3 is 9.52 Å². The van der Waals surface area contributed by atoms with E-state index in [0.717, 1.165) is 34.3 Å². The monoisotopic (exact) mass is 232 g/mol. The second kappa shape index (κ2) is 3.80. The molecule has 2 nitrogen and oxygen atoms in total. The molecule has 1 N–H and O–H groups in total. The topological polar surface area (TPSA) is 33.4 Å². The lowest BCUT2D eigenvalue weighted by atomic mass is 9.85. The Labute approximate surface area is 102 Å². The van der Waals surface area contributed by atoms with Crippen molar-refractivity contribution in [3.8, 4) is 5.75 Å². The van der Waals surface area contributed by atoms with Crippen molar-refractivity contribution in [2.75, 3.05) is 0 Å². The van der Waals surface area contributed by atoms with E-state index in [4.69, 9.17) is 4.42 Å². The molecule has 0 spiro atoms. The van der Waals surface area contributed by atoms with Crippen molar-refractivity contribution in [1.82, 2.24) is 0 Å². The minimum Gasteiger partial charge on any atom is -0.507 e. The molecule has 0 aliphatic carbocycles. The number of phenols is 1. The second-order valence-corrected chi connectivity index (χ2v) is 5.59. The predicted molar refractivity (Wildman–Crippen MR) is 70.7 cm³/mol. The van der Waals surface area contributed by atoms with Crippen molar-refractivity contribution >= 4 is 11.0 Å². The van der Waals surface area contributed by atoms with Crippen LogP contribution >= 0.6 is 0 Å². The van der Waals surface area contributed by atoms with Crippen LogP contribution in [-0.2, 0) is 11.8 Å². The van der Waals surface area contributed by atoms with Crippen LogP contribution in [0.25, 0.3) is 11.0 Å². The van der Waals surface area contributed by atoms with Crippen molar-refractivity contribution in [1.29, 1.82) is 0 Å². The van der Waals surface area contributed by atoms with Gasteiger partial charge in [-0.05, 0) is 18.4 Å². The van der Waals surface area contributed by atoms with Gasteiger partial charge in [-0.15, -0.1) is 0 Å². The summed E-state index contributed by atoms with van der Waals surface area (Å²) in [6.45, 7) is 10.5. The van der Waals surface area contributed by atoms with Crippen LogP contribution in [0.5, 0.6) is 5.75 Å². The number of aromatic hydroxyl groups is 1. The largest absolute Gasteiger partial charge is 0.507 e. The highest BCUT2D eigenvalue weighted by Crippen LogP contribution is 2.39. The van der Waals surface area contributed by atoms with Gasteiger partial charge in [0.2, 0.25) is 0 Å². The van der Waals surface area contributed by atoms with Gasteiger partial charge in [0.25, 0.3) is 0 Å². The Hall–Kier alpha value is -1.44. The molecule has 0 unspecified atom stereocenters. The second-order valence-electron chi connectivity index (χ2n) is 5.59. The van der Waals surface area contributed by atoms with Crippen LogP contribution in [0.3, 0.4) is 0 Å². The number of hydrogen-bond acceptors (Lipinski definition) is 2. The molecule has 2 heteroatoms. The van der Waals surface area contributed by atoms with Crippen LogP contribution in [0.2, 0.25) is 0 Å². The van der Waals surface area contributed by atoms with Crippen molar-refractivity contribution in [3.63, 3.8) is 0 Å². The van der Waals surface area contributed by atoms with Crippen LogP contribution in [0.1, 0.15) is 44.6 Å². The van der Waals surface area contributed by atoms with E-state index in [2.05, 4.69) is 27.7 Å². The maximum atomic E-state index is 9.99. The van der Waals surface area contributed by atoms with Gasteiger partial charge in [0, 0.05) is 17.5 Å². The highest BCUT2D eigenvalue weighted by Gasteiger charge is 2.23. The lowest BCUT2D eigenvalue weighted by Gasteiger charge is -2.19. The maximum absolute atomic E-state index is 9.99. The molecule has 0 atom stereocenters. The Morgan fingerprint density at radius 2 is 1.88 bits per heavy atom. The molecular weight excluding hydrogens is 212 g/mol. The Kier molecular flexibility index (Phi) is 2.69. The lowest BCUT2D eigenvalue weighted by molar-refractivity contribution is 0.479. The highest BCUT2D eigenvalue weighted by molar-refractivity contribution is 5.91. The minimum absolute atomic E-state index is 0.0151. The molecule has 2 aromatic rings. The first-order chi connectivity index (χ1) is 7.86. The molecule has 0 fully saturated rings. The molecule has 92 valence electrons. The molecule has 0 bridgehead atoms. The lowest BCUT2D eigenvalue weighted by Crippen LogP contribution is -2.11. The average Bonchev–Trinajstić information content (AvgIpc) is 2.55. The minimum atomic E-state index is 0.0151. The molecular formula is C15H20O2. The van der Waals surface area contributed by atoms with Gasteiger partial charge >= 0.3 is 0 Å². The Morgan fingerprint density at radius 3 is 2.41 bits per heavy atom. The van der Waals surface area contributed by atoms with Crippen LogP contribution in [0, 0.1) is 6.92 Å². The van der Waals surface area contributed by atoms with Crippen LogP contribution < -0.4 is 0 Å². The molecule has 0 aliphatic rings. The van der Waals surface area contributed by atoms with E-state index in [1.54, 1.807) is 6.07 Å².